The summed E-state index contributed by atoms with van der Waals surface area (Å²) in [6, 6.07) is 11.8. The Morgan fingerprint density at radius 1 is 1.08 bits per heavy atom. The number of thiophene rings is 1. The Bertz CT molecular complexity index is 896. The summed E-state index contributed by atoms with van der Waals surface area (Å²) >= 11 is 1.46. The molecule has 134 valence electrons. The van der Waals surface area contributed by atoms with Gasteiger partial charge in [0.25, 0.3) is 5.91 Å². The number of hydrazine groups is 1. The molecule has 3 heterocycles. The number of carbonyl (C=O) groups excluding carboxylic acids is 1. The monoisotopic (exact) mass is 367 g/mol. The molecule has 1 aromatic carbocycles. The third-order valence-corrected chi connectivity index (χ3v) is 5.56. The highest BCUT2D eigenvalue weighted by Gasteiger charge is 2.24. The molecule has 26 heavy (non-hydrogen) atoms. The number of methoxy groups -OCH3 is 1. The van der Waals surface area contributed by atoms with Gasteiger partial charge in [-0.05, 0) is 31.0 Å². The first-order valence-electron chi connectivity index (χ1n) is 8.72. The molecule has 6 heteroatoms. The number of amides is 1. The van der Waals surface area contributed by atoms with E-state index in [1.807, 2.05) is 63.7 Å². The van der Waals surface area contributed by atoms with E-state index in [1.54, 1.807) is 7.11 Å². The minimum Gasteiger partial charge on any atom is -0.496 e. The summed E-state index contributed by atoms with van der Waals surface area (Å²) in [5, 5.41) is 4.04. The lowest BCUT2D eigenvalue weighted by molar-refractivity contribution is 0.0830. The standard InChI is InChI=1S/C20H21N3O2S/c1-25-17-9-3-2-8-15(17)16-14-26-19(18(16)22-10-4-5-11-22)20(24)21-23-12-6-7-13-23/h2-5,8-11,14H,6-7,12-13H2,1H3,(H,21,24). The third-order valence-electron chi connectivity index (χ3n) is 4.60. The normalized spacial score (nSPS) is 14.5. The van der Waals surface area contributed by atoms with Gasteiger partial charge in [-0.25, -0.2) is 5.01 Å². The molecule has 1 aliphatic heterocycles. The zero-order valence-electron chi connectivity index (χ0n) is 14.6. The first-order chi connectivity index (χ1) is 12.8. The first kappa shape index (κ1) is 16.9. The second kappa shape index (κ2) is 7.35. The van der Waals surface area contributed by atoms with Gasteiger partial charge in [-0.2, -0.15) is 0 Å². The number of nitrogens with one attached hydrogen (secondary N) is 1. The molecule has 0 spiro atoms. The summed E-state index contributed by atoms with van der Waals surface area (Å²) in [5.41, 5.74) is 5.92. The van der Waals surface area contributed by atoms with Gasteiger partial charge in [0.2, 0.25) is 0 Å². The zero-order chi connectivity index (χ0) is 17.9. The van der Waals surface area contributed by atoms with Gasteiger partial charge < -0.3 is 9.30 Å². The average Bonchev–Trinajstić information content (AvgIpc) is 3.41. The molecule has 0 bridgehead atoms. The van der Waals surface area contributed by atoms with E-state index >= 15 is 0 Å². The summed E-state index contributed by atoms with van der Waals surface area (Å²) in [6.45, 7) is 1.82. The van der Waals surface area contributed by atoms with Crippen LogP contribution in [0.5, 0.6) is 5.75 Å². The smallest absolute Gasteiger partial charge is 0.277 e. The van der Waals surface area contributed by atoms with Crippen molar-refractivity contribution in [2.45, 2.75) is 12.8 Å². The number of aromatic nitrogens is 1. The molecule has 1 amide bonds. The molecular formula is C20H21N3O2S. The van der Waals surface area contributed by atoms with Gasteiger partial charge in [0, 0.05) is 42.0 Å². The molecular weight excluding hydrogens is 346 g/mol. The summed E-state index contributed by atoms with van der Waals surface area (Å²) in [5.74, 6) is 0.743. The Kier molecular flexibility index (Phi) is 4.77. The molecule has 0 aliphatic carbocycles. The van der Waals surface area contributed by atoms with Crippen LogP contribution < -0.4 is 10.2 Å². The van der Waals surface area contributed by atoms with Crippen LogP contribution in [0.15, 0.2) is 54.2 Å². The molecule has 0 radical (unpaired) electrons. The van der Waals surface area contributed by atoms with Crippen molar-refractivity contribution in [3.63, 3.8) is 0 Å². The molecule has 4 rings (SSSR count). The van der Waals surface area contributed by atoms with Crippen molar-refractivity contribution < 1.29 is 9.53 Å². The van der Waals surface area contributed by atoms with Crippen LogP contribution in [0.2, 0.25) is 0 Å². The lowest BCUT2D eigenvalue weighted by atomic mass is 10.1. The molecule has 1 fully saturated rings. The number of carbonyl (C=O) groups is 1. The number of para-hydroxylation sites is 1. The van der Waals surface area contributed by atoms with E-state index in [-0.39, 0.29) is 5.91 Å². The number of nitrogens with zero attached hydrogens (tertiary/aromatic N) is 2. The van der Waals surface area contributed by atoms with Gasteiger partial charge in [0.15, 0.2) is 0 Å². The largest absolute Gasteiger partial charge is 0.496 e. The van der Waals surface area contributed by atoms with Crippen molar-refractivity contribution in [1.29, 1.82) is 0 Å². The second-order valence-corrected chi connectivity index (χ2v) is 7.13. The molecule has 1 N–H and O–H groups in total. The van der Waals surface area contributed by atoms with Crippen LogP contribution >= 0.6 is 11.3 Å². The lowest BCUT2D eigenvalue weighted by Gasteiger charge is -2.17. The third kappa shape index (κ3) is 3.13. The van der Waals surface area contributed by atoms with Crippen LogP contribution in [-0.4, -0.2) is 35.7 Å². The van der Waals surface area contributed by atoms with Crippen molar-refractivity contribution in [1.82, 2.24) is 15.0 Å². The van der Waals surface area contributed by atoms with Crippen LogP contribution in [0.4, 0.5) is 0 Å². The highest BCUT2D eigenvalue weighted by molar-refractivity contribution is 7.13. The van der Waals surface area contributed by atoms with Gasteiger partial charge in [0.05, 0.1) is 12.8 Å². The molecule has 0 unspecified atom stereocenters. The van der Waals surface area contributed by atoms with Crippen molar-refractivity contribution in [3.05, 3.63) is 59.0 Å². The fraction of sp³-hybridized carbons (Fsp3) is 0.250. The number of hydrogen-bond acceptors (Lipinski definition) is 4. The Labute approximate surface area is 156 Å². The minimum absolute atomic E-state index is 0.0539. The van der Waals surface area contributed by atoms with Crippen molar-refractivity contribution in [2.24, 2.45) is 0 Å². The molecule has 1 aliphatic rings. The Morgan fingerprint density at radius 3 is 2.54 bits per heavy atom. The molecule has 0 saturated carbocycles. The number of ether oxygens (including phenoxy) is 1. The van der Waals surface area contributed by atoms with Gasteiger partial charge in [-0.1, -0.05) is 18.2 Å². The Morgan fingerprint density at radius 2 is 1.81 bits per heavy atom. The molecule has 1 saturated heterocycles. The van der Waals surface area contributed by atoms with Gasteiger partial charge in [-0.15, -0.1) is 11.3 Å². The predicted molar refractivity (Wildman–Crippen MR) is 104 cm³/mol. The van der Waals surface area contributed by atoms with E-state index in [4.69, 9.17) is 4.74 Å². The van der Waals surface area contributed by atoms with Crippen LogP contribution in [0.1, 0.15) is 22.5 Å². The molecule has 3 aromatic rings. The number of rotatable bonds is 5. The fourth-order valence-corrected chi connectivity index (χ4v) is 4.29. The number of benzene rings is 1. The topological polar surface area (TPSA) is 46.5 Å². The van der Waals surface area contributed by atoms with E-state index in [2.05, 4.69) is 5.43 Å². The maximum absolute atomic E-state index is 12.9. The predicted octanol–water partition coefficient (Wildman–Crippen LogP) is 3.96. The van der Waals surface area contributed by atoms with E-state index in [1.165, 1.54) is 11.3 Å². The average molecular weight is 367 g/mol. The fourth-order valence-electron chi connectivity index (χ4n) is 3.33. The molecule has 0 atom stereocenters. The van der Waals surface area contributed by atoms with Crippen LogP contribution in [0, 0.1) is 0 Å². The summed E-state index contributed by atoms with van der Waals surface area (Å²) in [7, 11) is 1.67. The zero-order valence-corrected chi connectivity index (χ0v) is 15.5. The van der Waals surface area contributed by atoms with E-state index in [0.29, 0.717) is 4.88 Å². The van der Waals surface area contributed by atoms with Crippen molar-refractivity contribution in [2.75, 3.05) is 20.2 Å². The first-order valence-corrected chi connectivity index (χ1v) is 9.60. The van der Waals surface area contributed by atoms with Crippen molar-refractivity contribution >= 4 is 17.2 Å². The van der Waals surface area contributed by atoms with E-state index in [9.17, 15) is 4.79 Å². The maximum atomic E-state index is 12.9. The SMILES string of the molecule is COc1ccccc1-c1csc(C(=O)NN2CCCC2)c1-n1cccc1. The highest BCUT2D eigenvalue weighted by atomic mass is 32.1. The van der Waals surface area contributed by atoms with Crippen LogP contribution in [0.25, 0.3) is 16.8 Å². The highest BCUT2D eigenvalue weighted by Crippen LogP contribution is 2.39. The Hall–Kier alpha value is -2.57. The quantitative estimate of drug-likeness (QED) is 0.743. The summed E-state index contributed by atoms with van der Waals surface area (Å²) in [6.07, 6.45) is 6.19. The van der Waals surface area contributed by atoms with E-state index < -0.39 is 0 Å². The summed E-state index contributed by atoms with van der Waals surface area (Å²) < 4.78 is 7.53. The van der Waals surface area contributed by atoms with Crippen LogP contribution in [0.3, 0.4) is 0 Å². The van der Waals surface area contributed by atoms with Crippen LogP contribution in [-0.2, 0) is 0 Å². The minimum atomic E-state index is -0.0539. The number of hydrogen-bond donors (Lipinski definition) is 1. The Balaban J connectivity index is 1.78. The molecule has 2 aromatic heterocycles. The van der Waals surface area contributed by atoms with Gasteiger partial charge in [0.1, 0.15) is 10.6 Å². The lowest BCUT2D eigenvalue weighted by Crippen LogP contribution is -2.40. The van der Waals surface area contributed by atoms with Gasteiger partial charge in [-0.3, -0.25) is 10.2 Å². The van der Waals surface area contributed by atoms with E-state index in [0.717, 1.165) is 48.5 Å². The molecule has 5 nitrogen and oxygen atoms in total. The summed E-state index contributed by atoms with van der Waals surface area (Å²) in [4.78, 5) is 13.6. The maximum Gasteiger partial charge on any atom is 0.277 e. The second-order valence-electron chi connectivity index (χ2n) is 6.25. The van der Waals surface area contributed by atoms with Gasteiger partial charge >= 0.3 is 0 Å². The van der Waals surface area contributed by atoms with Crippen molar-refractivity contribution in [3.8, 4) is 22.6 Å².